The molecule has 2 rings (SSSR count). The fraction of sp³-hybridized carbons (Fsp3) is 0.562. The lowest BCUT2D eigenvalue weighted by Crippen LogP contribution is -2.41. The first-order valence-electron chi connectivity index (χ1n) is 7.81. The number of nitro benzene ring substituents is 1. The smallest absolute Gasteiger partial charge is 0.410 e. The number of likely N-dealkylation sites (tertiary alicyclic amines) is 1. The number of benzene rings is 1. The maximum absolute atomic E-state index is 13.5. The Labute approximate surface area is 144 Å². The van der Waals surface area contributed by atoms with Crippen molar-refractivity contribution in [1.29, 1.82) is 0 Å². The van der Waals surface area contributed by atoms with Crippen molar-refractivity contribution in [3.63, 3.8) is 0 Å². The maximum atomic E-state index is 13.5. The average molecular weight is 356 g/mol. The van der Waals surface area contributed by atoms with E-state index >= 15 is 0 Å². The lowest BCUT2D eigenvalue weighted by molar-refractivity contribution is -0.385. The molecule has 0 aliphatic carbocycles. The number of aliphatic hydroxyl groups is 1. The zero-order valence-corrected chi connectivity index (χ0v) is 14.3. The van der Waals surface area contributed by atoms with E-state index in [4.69, 9.17) is 9.47 Å². The Morgan fingerprint density at radius 1 is 1.44 bits per heavy atom. The summed E-state index contributed by atoms with van der Waals surface area (Å²) in [5.41, 5.74) is -1.10. The number of amides is 1. The molecule has 1 amide bonds. The molecule has 1 N–H and O–H groups in total. The summed E-state index contributed by atoms with van der Waals surface area (Å²) in [5, 5.41) is 20.3. The van der Waals surface area contributed by atoms with E-state index in [-0.39, 0.29) is 18.9 Å². The van der Waals surface area contributed by atoms with Crippen molar-refractivity contribution < 1.29 is 28.7 Å². The molecule has 0 bridgehead atoms. The van der Waals surface area contributed by atoms with Crippen LogP contribution in [0.25, 0.3) is 0 Å². The summed E-state index contributed by atoms with van der Waals surface area (Å²) in [6.45, 7) is 5.05. The molecule has 0 radical (unpaired) electrons. The highest BCUT2D eigenvalue weighted by atomic mass is 19.1. The van der Waals surface area contributed by atoms with Crippen LogP contribution in [-0.2, 0) is 4.74 Å². The minimum atomic E-state index is -0.787. The van der Waals surface area contributed by atoms with Gasteiger partial charge in [0.05, 0.1) is 36.2 Å². The Morgan fingerprint density at radius 2 is 2.12 bits per heavy atom. The van der Waals surface area contributed by atoms with E-state index in [0.717, 1.165) is 18.2 Å². The van der Waals surface area contributed by atoms with Gasteiger partial charge in [-0.3, -0.25) is 15.0 Å². The van der Waals surface area contributed by atoms with Gasteiger partial charge in [0.1, 0.15) is 23.3 Å². The van der Waals surface area contributed by atoms with E-state index in [1.807, 2.05) is 0 Å². The van der Waals surface area contributed by atoms with E-state index in [9.17, 15) is 24.4 Å². The van der Waals surface area contributed by atoms with Gasteiger partial charge < -0.3 is 14.6 Å². The maximum Gasteiger partial charge on any atom is 0.410 e. The summed E-state index contributed by atoms with van der Waals surface area (Å²) in [6.07, 6.45) is -0.811. The van der Waals surface area contributed by atoms with Gasteiger partial charge in [0.25, 0.3) is 5.69 Å². The number of hydrogen-bond donors (Lipinski definition) is 1. The molecular formula is C16H21FN2O6. The summed E-state index contributed by atoms with van der Waals surface area (Å²) in [4.78, 5) is 23.6. The van der Waals surface area contributed by atoms with Crippen molar-refractivity contribution >= 4 is 11.8 Å². The number of aliphatic hydroxyl groups excluding tert-OH is 1. The minimum Gasteiger partial charge on any atom is -0.488 e. The Kier molecular flexibility index (Phi) is 5.46. The molecule has 1 unspecified atom stereocenters. The largest absolute Gasteiger partial charge is 0.488 e. The fourth-order valence-electron chi connectivity index (χ4n) is 2.59. The SMILES string of the molecule is CC(C)(C)OC(=O)N1C[C@H](Oc2cc(F)cc([N+](=O)[O-])c2)CC1CO. The zero-order valence-electron chi connectivity index (χ0n) is 14.3. The molecule has 1 aliphatic rings. The number of nitro groups is 1. The molecule has 1 saturated heterocycles. The summed E-state index contributed by atoms with van der Waals surface area (Å²) in [5.74, 6) is -0.788. The molecule has 0 spiro atoms. The molecular weight excluding hydrogens is 335 g/mol. The normalized spacial score (nSPS) is 20.4. The van der Waals surface area contributed by atoms with Gasteiger partial charge in [0, 0.05) is 12.5 Å². The van der Waals surface area contributed by atoms with Gasteiger partial charge >= 0.3 is 6.09 Å². The Hall–Kier alpha value is -2.42. The number of nitrogens with zero attached hydrogens (tertiary/aromatic N) is 2. The van der Waals surface area contributed by atoms with Gasteiger partial charge in [-0.05, 0) is 20.8 Å². The zero-order chi connectivity index (χ0) is 18.8. The van der Waals surface area contributed by atoms with Gasteiger partial charge in [-0.1, -0.05) is 0 Å². The third-order valence-corrected chi connectivity index (χ3v) is 3.58. The summed E-state index contributed by atoms with van der Waals surface area (Å²) in [7, 11) is 0. The van der Waals surface area contributed by atoms with E-state index < -0.39 is 40.3 Å². The second-order valence-corrected chi connectivity index (χ2v) is 6.85. The van der Waals surface area contributed by atoms with Crippen molar-refractivity contribution in [1.82, 2.24) is 4.90 Å². The molecule has 0 saturated carbocycles. The van der Waals surface area contributed by atoms with E-state index in [2.05, 4.69) is 0 Å². The highest BCUT2D eigenvalue weighted by molar-refractivity contribution is 5.69. The molecule has 25 heavy (non-hydrogen) atoms. The molecule has 2 atom stereocenters. The minimum absolute atomic E-state index is 0.000529. The third kappa shape index (κ3) is 5.02. The van der Waals surface area contributed by atoms with Gasteiger partial charge in [0.15, 0.2) is 0 Å². The quantitative estimate of drug-likeness (QED) is 0.657. The molecule has 0 aromatic heterocycles. The van der Waals surface area contributed by atoms with E-state index in [0.29, 0.717) is 6.42 Å². The lowest BCUT2D eigenvalue weighted by Gasteiger charge is -2.27. The van der Waals surface area contributed by atoms with Gasteiger partial charge in [-0.25, -0.2) is 9.18 Å². The van der Waals surface area contributed by atoms with Gasteiger partial charge in [0.2, 0.25) is 0 Å². The first-order chi connectivity index (χ1) is 11.6. The topological polar surface area (TPSA) is 102 Å². The highest BCUT2D eigenvalue weighted by Gasteiger charge is 2.38. The second kappa shape index (κ2) is 7.22. The molecule has 1 aromatic rings. The van der Waals surface area contributed by atoms with Crippen molar-refractivity contribution in [3.8, 4) is 5.75 Å². The molecule has 1 heterocycles. The number of non-ortho nitro benzene ring substituents is 1. The molecule has 138 valence electrons. The summed E-state index contributed by atoms with van der Waals surface area (Å²) < 4.78 is 24.4. The predicted octanol–water partition coefficient (Wildman–Crippen LogP) is 2.48. The third-order valence-electron chi connectivity index (χ3n) is 3.58. The van der Waals surface area contributed by atoms with Crippen molar-refractivity contribution in [2.45, 2.75) is 44.9 Å². The van der Waals surface area contributed by atoms with Crippen LogP contribution in [0, 0.1) is 15.9 Å². The van der Waals surface area contributed by atoms with Crippen LogP contribution in [0.1, 0.15) is 27.2 Å². The first kappa shape index (κ1) is 18.9. The highest BCUT2D eigenvalue weighted by Crippen LogP contribution is 2.27. The number of halogens is 1. The van der Waals surface area contributed by atoms with E-state index in [1.165, 1.54) is 4.90 Å². The van der Waals surface area contributed by atoms with Crippen LogP contribution in [-0.4, -0.2) is 51.9 Å². The number of carbonyl (C=O) groups is 1. The molecule has 1 fully saturated rings. The number of ether oxygens (including phenoxy) is 2. The van der Waals surface area contributed by atoms with E-state index in [1.54, 1.807) is 20.8 Å². The van der Waals surface area contributed by atoms with Gasteiger partial charge in [-0.2, -0.15) is 0 Å². The predicted molar refractivity (Wildman–Crippen MR) is 85.9 cm³/mol. The van der Waals surface area contributed by atoms with Crippen LogP contribution in [0.5, 0.6) is 5.75 Å². The van der Waals surface area contributed by atoms with Crippen molar-refractivity contribution in [2.24, 2.45) is 0 Å². The van der Waals surface area contributed by atoms with Crippen LogP contribution < -0.4 is 4.74 Å². The molecule has 1 aliphatic heterocycles. The first-order valence-corrected chi connectivity index (χ1v) is 7.81. The van der Waals surface area contributed by atoms with Crippen LogP contribution in [0.2, 0.25) is 0 Å². The lowest BCUT2D eigenvalue weighted by atomic mass is 10.2. The van der Waals surface area contributed by atoms with Crippen LogP contribution in [0.4, 0.5) is 14.9 Å². The Balaban J connectivity index is 2.10. The number of rotatable bonds is 4. The Morgan fingerprint density at radius 3 is 2.68 bits per heavy atom. The summed E-state index contributed by atoms with van der Waals surface area (Å²) in [6, 6.07) is 2.46. The molecule has 8 nitrogen and oxygen atoms in total. The van der Waals surface area contributed by atoms with Crippen LogP contribution in [0.15, 0.2) is 18.2 Å². The van der Waals surface area contributed by atoms with Crippen molar-refractivity contribution in [3.05, 3.63) is 34.1 Å². The summed E-state index contributed by atoms with van der Waals surface area (Å²) >= 11 is 0. The number of hydrogen-bond acceptors (Lipinski definition) is 6. The Bertz CT molecular complexity index is 661. The fourth-order valence-corrected chi connectivity index (χ4v) is 2.59. The van der Waals surface area contributed by atoms with Crippen LogP contribution >= 0.6 is 0 Å². The number of carbonyl (C=O) groups excluding carboxylic acids is 1. The average Bonchev–Trinajstić information content (AvgIpc) is 2.88. The second-order valence-electron chi connectivity index (χ2n) is 6.85. The molecule has 9 heteroatoms. The monoisotopic (exact) mass is 356 g/mol. The van der Waals surface area contributed by atoms with Gasteiger partial charge in [-0.15, -0.1) is 0 Å². The van der Waals surface area contributed by atoms with Crippen LogP contribution in [0.3, 0.4) is 0 Å². The van der Waals surface area contributed by atoms with Crippen molar-refractivity contribution in [2.75, 3.05) is 13.2 Å². The molecule has 1 aromatic carbocycles. The standard InChI is InChI=1S/C16H21FN2O6/c1-16(2,3)25-15(21)18-8-14(7-12(18)9-20)24-13-5-10(17)4-11(6-13)19(22)23/h4-6,12,14,20H,7-9H2,1-3H3/t12?,14-/m1/s1.